The predicted octanol–water partition coefficient (Wildman–Crippen LogP) is 1.51. The van der Waals surface area contributed by atoms with E-state index in [4.69, 9.17) is 11.6 Å². The molecule has 0 aliphatic carbocycles. The van der Waals surface area contributed by atoms with Crippen LogP contribution in [0.2, 0.25) is 5.02 Å². The van der Waals surface area contributed by atoms with Crippen LogP contribution in [0.5, 0.6) is 0 Å². The molecule has 0 saturated heterocycles. The summed E-state index contributed by atoms with van der Waals surface area (Å²) in [7, 11) is 3.79. The van der Waals surface area contributed by atoms with Gasteiger partial charge in [-0.05, 0) is 6.54 Å². The van der Waals surface area contributed by atoms with Gasteiger partial charge in [-0.2, -0.15) is 10.2 Å². The van der Waals surface area contributed by atoms with Crippen molar-refractivity contribution in [2.45, 2.75) is 13.0 Å². The maximum Gasteiger partial charge on any atom is 0.0837 e. The number of aryl methyl sites for hydroxylation is 2. The lowest BCUT2D eigenvalue weighted by atomic mass is 10.1. The molecule has 1 N–H and O–H groups in total. The number of hydrogen-bond donors (Lipinski definition) is 1. The lowest BCUT2D eigenvalue weighted by Gasteiger charge is -2.17. The van der Waals surface area contributed by atoms with Crippen LogP contribution in [0.1, 0.15) is 24.2 Å². The summed E-state index contributed by atoms with van der Waals surface area (Å²) in [5.74, 6) is 0. The first-order valence-corrected chi connectivity index (χ1v) is 5.90. The molecule has 0 amide bonds. The summed E-state index contributed by atoms with van der Waals surface area (Å²) in [6.07, 6.45) is 5.49. The van der Waals surface area contributed by atoms with Crippen LogP contribution in [0, 0.1) is 0 Å². The Morgan fingerprint density at radius 3 is 2.59 bits per heavy atom. The van der Waals surface area contributed by atoms with Crippen LogP contribution in [0.15, 0.2) is 18.6 Å². The molecule has 0 fully saturated rings. The number of aromatic nitrogens is 4. The Labute approximate surface area is 105 Å². The van der Waals surface area contributed by atoms with Crippen molar-refractivity contribution < 1.29 is 0 Å². The molecule has 5 nitrogen and oxygen atoms in total. The van der Waals surface area contributed by atoms with E-state index in [-0.39, 0.29) is 6.04 Å². The molecule has 17 heavy (non-hydrogen) atoms. The minimum atomic E-state index is 0.0219. The largest absolute Gasteiger partial charge is 0.305 e. The molecule has 2 rings (SSSR count). The van der Waals surface area contributed by atoms with Gasteiger partial charge in [0.15, 0.2) is 0 Å². The molecule has 1 unspecified atom stereocenters. The van der Waals surface area contributed by atoms with Gasteiger partial charge in [-0.1, -0.05) is 18.5 Å². The van der Waals surface area contributed by atoms with Gasteiger partial charge in [0.05, 0.1) is 29.2 Å². The highest BCUT2D eigenvalue weighted by atomic mass is 35.5. The summed E-state index contributed by atoms with van der Waals surface area (Å²) in [6.45, 7) is 2.91. The quantitative estimate of drug-likeness (QED) is 0.899. The van der Waals surface area contributed by atoms with E-state index in [0.717, 1.165) is 17.8 Å². The van der Waals surface area contributed by atoms with Gasteiger partial charge in [-0.3, -0.25) is 9.36 Å². The SMILES string of the molecule is CCNC(c1cnn(C)c1)c1c(Cl)cnn1C. The molecular weight excluding hydrogens is 238 g/mol. The maximum atomic E-state index is 6.18. The van der Waals surface area contributed by atoms with Crippen LogP contribution in [-0.4, -0.2) is 26.1 Å². The number of rotatable bonds is 4. The maximum absolute atomic E-state index is 6.18. The number of hydrogen-bond acceptors (Lipinski definition) is 3. The second kappa shape index (κ2) is 4.89. The van der Waals surface area contributed by atoms with Gasteiger partial charge >= 0.3 is 0 Å². The minimum absolute atomic E-state index is 0.0219. The summed E-state index contributed by atoms with van der Waals surface area (Å²) in [5, 5.41) is 12.4. The number of nitrogens with zero attached hydrogens (tertiary/aromatic N) is 4. The van der Waals surface area contributed by atoms with Crippen molar-refractivity contribution >= 4 is 11.6 Å². The molecule has 0 aromatic carbocycles. The van der Waals surface area contributed by atoms with E-state index < -0.39 is 0 Å². The Morgan fingerprint density at radius 1 is 1.35 bits per heavy atom. The molecule has 2 aromatic heterocycles. The lowest BCUT2D eigenvalue weighted by Crippen LogP contribution is -2.24. The lowest BCUT2D eigenvalue weighted by molar-refractivity contribution is 0.572. The van der Waals surface area contributed by atoms with E-state index in [9.17, 15) is 0 Å². The van der Waals surface area contributed by atoms with E-state index >= 15 is 0 Å². The minimum Gasteiger partial charge on any atom is -0.305 e. The van der Waals surface area contributed by atoms with E-state index in [1.807, 2.05) is 26.5 Å². The third kappa shape index (κ3) is 2.35. The fourth-order valence-corrected chi connectivity index (χ4v) is 2.19. The third-order valence-electron chi connectivity index (χ3n) is 2.68. The van der Waals surface area contributed by atoms with Crippen molar-refractivity contribution in [1.82, 2.24) is 24.9 Å². The molecule has 0 radical (unpaired) electrons. The standard InChI is InChI=1S/C11H16ClN5/c1-4-13-10(8-5-14-16(2)7-8)11-9(12)6-15-17(11)3/h5-7,10,13H,4H2,1-3H3. The topological polar surface area (TPSA) is 47.7 Å². The molecule has 1 atom stereocenters. The average molecular weight is 254 g/mol. The first kappa shape index (κ1) is 12.1. The molecule has 6 heteroatoms. The highest BCUT2D eigenvalue weighted by molar-refractivity contribution is 6.31. The highest BCUT2D eigenvalue weighted by Crippen LogP contribution is 2.27. The normalized spacial score (nSPS) is 12.9. The zero-order valence-electron chi connectivity index (χ0n) is 10.2. The second-order valence-electron chi connectivity index (χ2n) is 3.94. The van der Waals surface area contributed by atoms with Crippen molar-refractivity contribution in [1.29, 1.82) is 0 Å². The first-order chi connectivity index (χ1) is 8.13. The van der Waals surface area contributed by atoms with Crippen LogP contribution < -0.4 is 5.32 Å². The zero-order chi connectivity index (χ0) is 12.4. The fourth-order valence-electron chi connectivity index (χ4n) is 1.91. The first-order valence-electron chi connectivity index (χ1n) is 5.52. The number of halogens is 1. The zero-order valence-corrected chi connectivity index (χ0v) is 10.9. The van der Waals surface area contributed by atoms with Crippen molar-refractivity contribution in [3.63, 3.8) is 0 Å². The van der Waals surface area contributed by atoms with Crippen molar-refractivity contribution in [2.75, 3.05) is 6.54 Å². The Kier molecular flexibility index (Phi) is 3.49. The summed E-state index contributed by atoms with van der Waals surface area (Å²) < 4.78 is 3.58. The van der Waals surface area contributed by atoms with Crippen LogP contribution in [0.4, 0.5) is 0 Å². The number of nitrogens with one attached hydrogen (secondary N) is 1. The van der Waals surface area contributed by atoms with Gasteiger partial charge < -0.3 is 5.32 Å². The molecule has 0 spiro atoms. The van der Waals surface area contributed by atoms with E-state index in [0.29, 0.717) is 5.02 Å². The van der Waals surface area contributed by atoms with Gasteiger partial charge in [-0.15, -0.1) is 0 Å². The van der Waals surface area contributed by atoms with Crippen LogP contribution in [0.3, 0.4) is 0 Å². The summed E-state index contributed by atoms with van der Waals surface area (Å²) in [5.41, 5.74) is 2.04. The van der Waals surface area contributed by atoms with Gasteiger partial charge in [0, 0.05) is 25.9 Å². The molecule has 92 valence electrons. The van der Waals surface area contributed by atoms with Crippen molar-refractivity contribution in [3.8, 4) is 0 Å². The van der Waals surface area contributed by atoms with Crippen LogP contribution in [0.25, 0.3) is 0 Å². The van der Waals surface area contributed by atoms with E-state index in [2.05, 4.69) is 22.4 Å². The molecule has 2 heterocycles. The molecule has 0 aliphatic rings. The summed E-state index contributed by atoms with van der Waals surface area (Å²) >= 11 is 6.18. The van der Waals surface area contributed by atoms with E-state index in [1.165, 1.54) is 0 Å². The summed E-state index contributed by atoms with van der Waals surface area (Å²) in [4.78, 5) is 0. The molecule has 2 aromatic rings. The Balaban J connectivity index is 2.42. The van der Waals surface area contributed by atoms with Crippen molar-refractivity contribution in [3.05, 3.63) is 34.9 Å². The Hall–Kier alpha value is -1.33. The smallest absolute Gasteiger partial charge is 0.0837 e. The summed E-state index contributed by atoms with van der Waals surface area (Å²) in [6, 6.07) is 0.0219. The average Bonchev–Trinajstić information content (AvgIpc) is 2.84. The highest BCUT2D eigenvalue weighted by Gasteiger charge is 2.21. The Morgan fingerprint density at radius 2 is 2.12 bits per heavy atom. The van der Waals surface area contributed by atoms with Gasteiger partial charge in [0.1, 0.15) is 0 Å². The van der Waals surface area contributed by atoms with Crippen LogP contribution in [-0.2, 0) is 14.1 Å². The monoisotopic (exact) mass is 253 g/mol. The van der Waals surface area contributed by atoms with Gasteiger partial charge in [0.25, 0.3) is 0 Å². The molecular formula is C11H16ClN5. The van der Waals surface area contributed by atoms with Crippen molar-refractivity contribution in [2.24, 2.45) is 14.1 Å². The fraction of sp³-hybridized carbons (Fsp3) is 0.455. The second-order valence-corrected chi connectivity index (χ2v) is 4.35. The molecule has 0 aliphatic heterocycles. The molecule has 0 bridgehead atoms. The molecule has 0 saturated carbocycles. The third-order valence-corrected chi connectivity index (χ3v) is 2.97. The van der Waals surface area contributed by atoms with E-state index in [1.54, 1.807) is 15.6 Å². The van der Waals surface area contributed by atoms with Crippen LogP contribution >= 0.6 is 11.6 Å². The van der Waals surface area contributed by atoms with Gasteiger partial charge in [-0.25, -0.2) is 0 Å². The van der Waals surface area contributed by atoms with Gasteiger partial charge in [0.2, 0.25) is 0 Å². The Bertz CT molecular complexity index is 482. The predicted molar refractivity (Wildman–Crippen MR) is 66.9 cm³/mol.